The van der Waals surface area contributed by atoms with Crippen LogP contribution < -0.4 is 10.6 Å². The molecule has 1 fully saturated rings. The van der Waals surface area contributed by atoms with Gasteiger partial charge < -0.3 is 15.5 Å². The van der Waals surface area contributed by atoms with Crippen LogP contribution in [0.25, 0.3) is 0 Å². The van der Waals surface area contributed by atoms with Crippen LogP contribution in [0.15, 0.2) is 66.0 Å². The number of hydrogen-bond acceptors (Lipinski definition) is 4. The molecule has 0 bridgehead atoms. The summed E-state index contributed by atoms with van der Waals surface area (Å²) in [6, 6.07) is 20.1. The van der Waals surface area contributed by atoms with E-state index < -0.39 is 0 Å². The zero-order chi connectivity index (χ0) is 25.5. The van der Waals surface area contributed by atoms with Gasteiger partial charge in [-0.25, -0.2) is 0 Å². The normalized spacial score (nSPS) is 15.6. The van der Waals surface area contributed by atoms with Crippen LogP contribution in [0.3, 0.4) is 0 Å². The molecule has 7 heteroatoms. The Morgan fingerprint density at radius 2 is 1.81 bits per heavy atom. The average Bonchev–Trinajstić information content (AvgIpc) is 3.33. The molecule has 1 aliphatic heterocycles. The molecule has 0 aliphatic carbocycles. The molecule has 0 spiro atoms. The third kappa shape index (κ3) is 6.96. The molecular formula is C29H34ClN3O2S. The van der Waals surface area contributed by atoms with Crippen molar-refractivity contribution in [3.63, 3.8) is 0 Å². The number of anilines is 1. The minimum absolute atomic E-state index is 0.0383. The maximum absolute atomic E-state index is 12.9. The molecule has 2 aromatic carbocycles. The second-order valence-electron chi connectivity index (χ2n) is 9.71. The first kappa shape index (κ1) is 26.4. The predicted molar refractivity (Wildman–Crippen MR) is 149 cm³/mol. The Labute approximate surface area is 222 Å². The van der Waals surface area contributed by atoms with Crippen molar-refractivity contribution in [2.24, 2.45) is 5.92 Å². The Kier molecular flexibility index (Phi) is 9.19. The standard InChI is InChI=1S/C29H34ClN3O2S/c1-20(2)28(34)31-24-10-6-9-23(19-24)21-11-15-33(16-12-21)17-13-26(22-7-4-3-5-8-22)32-29(35)27-25(30)14-18-36-27/h3-10,14,18-21,26H,11-13,15-17H2,1-2H3,(H,31,34)(H,32,35). The van der Waals surface area contributed by atoms with Crippen molar-refractivity contribution in [3.05, 3.63) is 87.1 Å². The Bertz CT molecular complexity index is 1160. The van der Waals surface area contributed by atoms with Crippen LogP contribution in [0, 0.1) is 5.92 Å². The summed E-state index contributed by atoms with van der Waals surface area (Å²) in [7, 11) is 0. The van der Waals surface area contributed by atoms with Crippen molar-refractivity contribution in [1.82, 2.24) is 10.2 Å². The molecule has 2 heterocycles. The second-order valence-corrected chi connectivity index (χ2v) is 11.0. The zero-order valence-corrected chi connectivity index (χ0v) is 22.4. The van der Waals surface area contributed by atoms with Gasteiger partial charge in [0, 0.05) is 18.2 Å². The van der Waals surface area contributed by atoms with Gasteiger partial charge in [-0.3, -0.25) is 9.59 Å². The first-order chi connectivity index (χ1) is 17.4. The molecule has 1 saturated heterocycles. The number of thiophene rings is 1. The van der Waals surface area contributed by atoms with E-state index in [-0.39, 0.29) is 23.8 Å². The van der Waals surface area contributed by atoms with Crippen LogP contribution in [0.1, 0.15) is 65.9 Å². The Hall–Kier alpha value is -2.67. The van der Waals surface area contributed by atoms with Crippen molar-refractivity contribution in [2.75, 3.05) is 25.0 Å². The Morgan fingerprint density at radius 1 is 1.06 bits per heavy atom. The summed E-state index contributed by atoms with van der Waals surface area (Å²) in [4.78, 5) is 28.0. The van der Waals surface area contributed by atoms with Crippen molar-refractivity contribution in [2.45, 2.75) is 45.1 Å². The zero-order valence-electron chi connectivity index (χ0n) is 20.9. The maximum Gasteiger partial charge on any atom is 0.263 e. The fraction of sp³-hybridized carbons (Fsp3) is 0.379. The second kappa shape index (κ2) is 12.5. The summed E-state index contributed by atoms with van der Waals surface area (Å²) in [6.45, 7) is 6.74. The van der Waals surface area contributed by atoms with Gasteiger partial charge in [0.2, 0.25) is 5.91 Å². The summed E-state index contributed by atoms with van der Waals surface area (Å²) in [6.07, 6.45) is 2.99. The van der Waals surface area contributed by atoms with Gasteiger partial charge in [0.25, 0.3) is 5.91 Å². The Morgan fingerprint density at radius 3 is 2.47 bits per heavy atom. The molecule has 3 aromatic rings. The van der Waals surface area contributed by atoms with Crippen molar-refractivity contribution < 1.29 is 9.59 Å². The number of nitrogens with zero attached hydrogens (tertiary/aromatic N) is 1. The number of piperidine rings is 1. The minimum Gasteiger partial charge on any atom is -0.344 e. The van der Waals surface area contributed by atoms with Crippen molar-refractivity contribution in [1.29, 1.82) is 0 Å². The summed E-state index contributed by atoms with van der Waals surface area (Å²) in [5.41, 5.74) is 3.27. The van der Waals surface area contributed by atoms with Gasteiger partial charge in [-0.15, -0.1) is 11.3 Å². The number of halogens is 1. The van der Waals surface area contributed by atoms with E-state index in [0.717, 1.165) is 50.1 Å². The van der Waals surface area contributed by atoms with E-state index in [9.17, 15) is 9.59 Å². The van der Waals surface area contributed by atoms with Crippen molar-refractivity contribution in [3.8, 4) is 0 Å². The lowest BCUT2D eigenvalue weighted by Crippen LogP contribution is -2.36. The van der Waals surface area contributed by atoms with Crippen LogP contribution in [-0.2, 0) is 4.79 Å². The lowest BCUT2D eigenvalue weighted by Gasteiger charge is -2.33. The van der Waals surface area contributed by atoms with Gasteiger partial charge in [0.05, 0.1) is 11.1 Å². The summed E-state index contributed by atoms with van der Waals surface area (Å²) >= 11 is 7.56. The van der Waals surface area contributed by atoms with E-state index in [1.807, 2.05) is 49.6 Å². The van der Waals surface area contributed by atoms with E-state index in [2.05, 4.69) is 39.8 Å². The highest BCUT2D eigenvalue weighted by molar-refractivity contribution is 7.12. The first-order valence-electron chi connectivity index (χ1n) is 12.6. The number of likely N-dealkylation sites (tertiary alicyclic amines) is 1. The molecule has 0 radical (unpaired) electrons. The van der Waals surface area contributed by atoms with E-state index in [4.69, 9.17) is 11.6 Å². The van der Waals surface area contributed by atoms with E-state index >= 15 is 0 Å². The monoisotopic (exact) mass is 523 g/mol. The molecule has 1 unspecified atom stereocenters. The fourth-order valence-electron chi connectivity index (χ4n) is 4.65. The average molecular weight is 524 g/mol. The SMILES string of the molecule is CC(C)C(=O)Nc1cccc(C2CCN(CCC(NC(=O)c3sccc3Cl)c3ccccc3)CC2)c1. The molecule has 4 rings (SSSR count). The van der Waals surface area contributed by atoms with Gasteiger partial charge in [-0.05, 0) is 73.0 Å². The topological polar surface area (TPSA) is 61.4 Å². The highest BCUT2D eigenvalue weighted by Crippen LogP contribution is 2.30. The molecular weight excluding hydrogens is 490 g/mol. The van der Waals surface area contributed by atoms with Crippen LogP contribution >= 0.6 is 22.9 Å². The fourth-order valence-corrected chi connectivity index (χ4v) is 5.69. The van der Waals surface area contributed by atoms with Crippen LogP contribution in [0.5, 0.6) is 0 Å². The van der Waals surface area contributed by atoms with Crippen LogP contribution in [0.4, 0.5) is 5.69 Å². The van der Waals surface area contributed by atoms with E-state index in [1.165, 1.54) is 16.9 Å². The molecule has 190 valence electrons. The van der Waals surface area contributed by atoms with E-state index in [0.29, 0.717) is 15.8 Å². The number of hydrogen-bond donors (Lipinski definition) is 2. The number of rotatable bonds is 9. The molecule has 2 N–H and O–H groups in total. The maximum atomic E-state index is 12.9. The highest BCUT2D eigenvalue weighted by Gasteiger charge is 2.23. The molecule has 1 atom stereocenters. The lowest BCUT2D eigenvalue weighted by atomic mass is 9.89. The number of amides is 2. The van der Waals surface area contributed by atoms with Crippen molar-refractivity contribution >= 4 is 40.4 Å². The first-order valence-corrected chi connectivity index (χ1v) is 13.9. The largest absolute Gasteiger partial charge is 0.344 e. The van der Waals surface area contributed by atoms with Gasteiger partial charge in [-0.2, -0.15) is 0 Å². The van der Waals surface area contributed by atoms with Gasteiger partial charge in [0.15, 0.2) is 0 Å². The smallest absolute Gasteiger partial charge is 0.263 e. The molecule has 36 heavy (non-hydrogen) atoms. The Balaban J connectivity index is 1.33. The quantitative estimate of drug-likeness (QED) is 0.326. The van der Waals surface area contributed by atoms with Gasteiger partial charge in [-0.1, -0.05) is 67.9 Å². The minimum atomic E-state index is -0.119. The summed E-state index contributed by atoms with van der Waals surface area (Å²) < 4.78 is 0. The number of nitrogens with one attached hydrogen (secondary N) is 2. The molecule has 5 nitrogen and oxygen atoms in total. The summed E-state index contributed by atoms with van der Waals surface area (Å²) in [5, 5.41) is 8.56. The molecule has 2 amide bonds. The van der Waals surface area contributed by atoms with E-state index in [1.54, 1.807) is 6.07 Å². The number of carbonyl (C=O) groups is 2. The van der Waals surface area contributed by atoms with Gasteiger partial charge >= 0.3 is 0 Å². The molecule has 0 saturated carbocycles. The molecule has 1 aliphatic rings. The highest BCUT2D eigenvalue weighted by atomic mass is 35.5. The third-order valence-electron chi connectivity index (χ3n) is 6.80. The number of carbonyl (C=O) groups excluding carboxylic acids is 2. The number of benzene rings is 2. The predicted octanol–water partition coefficient (Wildman–Crippen LogP) is 6.74. The lowest BCUT2D eigenvalue weighted by molar-refractivity contribution is -0.118. The van der Waals surface area contributed by atoms with Gasteiger partial charge in [0.1, 0.15) is 4.88 Å². The third-order valence-corrected chi connectivity index (χ3v) is 8.14. The molecule has 1 aromatic heterocycles. The summed E-state index contributed by atoms with van der Waals surface area (Å²) in [5.74, 6) is 0.377. The van der Waals surface area contributed by atoms with Crippen LogP contribution in [0.2, 0.25) is 5.02 Å². The van der Waals surface area contributed by atoms with Crippen LogP contribution in [-0.4, -0.2) is 36.3 Å².